The molecule has 196 valence electrons. The normalized spacial score (nSPS) is 18.2. The van der Waals surface area contributed by atoms with Crippen LogP contribution >= 0.6 is 23.2 Å². The lowest BCUT2D eigenvalue weighted by molar-refractivity contribution is -0.125. The van der Waals surface area contributed by atoms with Gasteiger partial charge in [0.25, 0.3) is 5.56 Å². The quantitative estimate of drug-likeness (QED) is 0.358. The van der Waals surface area contributed by atoms with Crippen molar-refractivity contribution in [3.05, 3.63) is 93.2 Å². The van der Waals surface area contributed by atoms with E-state index in [-0.39, 0.29) is 28.8 Å². The fraction of sp³-hybridized carbons (Fsp3) is 0.296. The zero-order chi connectivity index (χ0) is 26.6. The van der Waals surface area contributed by atoms with Gasteiger partial charge in [-0.2, -0.15) is 0 Å². The Hall–Kier alpha value is -3.53. The van der Waals surface area contributed by atoms with E-state index in [0.29, 0.717) is 54.1 Å². The van der Waals surface area contributed by atoms with E-state index in [2.05, 4.69) is 20.6 Å². The number of aromatic nitrogens is 5. The number of nitrogens with one attached hydrogen (secondary N) is 1. The van der Waals surface area contributed by atoms with Crippen LogP contribution < -0.4 is 10.9 Å². The average molecular weight is 553 g/mol. The summed E-state index contributed by atoms with van der Waals surface area (Å²) in [6.07, 6.45) is 5.61. The third-order valence-electron chi connectivity index (χ3n) is 6.74. The highest BCUT2D eigenvalue weighted by Crippen LogP contribution is 2.28. The third kappa shape index (κ3) is 5.96. The van der Waals surface area contributed by atoms with Gasteiger partial charge in [0.05, 0.1) is 30.0 Å². The Bertz CT molecular complexity index is 1480. The minimum absolute atomic E-state index is 0.0457. The number of carbonyl (C=O) groups excluding carboxylic acids is 1. The Kier molecular flexibility index (Phi) is 7.87. The van der Waals surface area contributed by atoms with E-state index in [1.807, 2.05) is 30.3 Å². The lowest BCUT2D eigenvalue weighted by Gasteiger charge is -2.28. The van der Waals surface area contributed by atoms with E-state index in [1.54, 1.807) is 24.4 Å². The van der Waals surface area contributed by atoms with Crippen molar-refractivity contribution in [2.75, 3.05) is 0 Å². The summed E-state index contributed by atoms with van der Waals surface area (Å²) in [5.74, 6) is -0.257. The molecule has 0 radical (unpaired) electrons. The maximum absolute atomic E-state index is 13.5. The maximum atomic E-state index is 13.5. The second kappa shape index (κ2) is 11.5. The van der Waals surface area contributed by atoms with E-state index >= 15 is 0 Å². The Morgan fingerprint density at radius 3 is 2.53 bits per heavy atom. The summed E-state index contributed by atoms with van der Waals surface area (Å²) in [4.78, 5) is 31.5. The fourth-order valence-electron chi connectivity index (χ4n) is 4.74. The molecule has 0 saturated heterocycles. The topological polar surface area (TPSA) is 115 Å². The summed E-state index contributed by atoms with van der Waals surface area (Å²) in [5.41, 5.74) is 2.07. The van der Waals surface area contributed by atoms with Crippen molar-refractivity contribution < 1.29 is 9.90 Å². The monoisotopic (exact) mass is 552 g/mol. The molecule has 1 fully saturated rings. The lowest BCUT2D eigenvalue weighted by atomic mass is 9.92. The SMILES string of the molecule is O=C(NC1CCC(O)CC1)C(Cc1ccccc1)n1cnc(-c2cc(Cl)ccc2-n2cc(Cl)nn2)cc1=O. The highest BCUT2D eigenvalue weighted by molar-refractivity contribution is 6.31. The number of carbonyl (C=O) groups is 1. The molecule has 38 heavy (non-hydrogen) atoms. The highest BCUT2D eigenvalue weighted by atomic mass is 35.5. The van der Waals surface area contributed by atoms with Crippen LogP contribution in [-0.4, -0.2) is 47.7 Å². The molecule has 9 nitrogen and oxygen atoms in total. The molecule has 0 spiro atoms. The molecule has 0 aliphatic heterocycles. The van der Waals surface area contributed by atoms with E-state index in [9.17, 15) is 14.7 Å². The van der Waals surface area contributed by atoms with Crippen LogP contribution in [0, 0.1) is 0 Å². The van der Waals surface area contributed by atoms with Gasteiger partial charge in [-0.05, 0) is 49.4 Å². The van der Waals surface area contributed by atoms with E-state index in [1.165, 1.54) is 21.6 Å². The number of halogens is 2. The Labute approximate surface area is 229 Å². The zero-order valence-corrected chi connectivity index (χ0v) is 21.9. The van der Waals surface area contributed by atoms with Crippen LogP contribution in [0.25, 0.3) is 16.9 Å². The van der Waals surface area contributed by atoms with Gasteiger partial charge in [0.2, 0.25) is 5.91 Å². The molecule has 2 N–H and O–H groups in total. The van der Waals surface area contributed by atoms with Crippen molar-refractivity contribution >= 4 is 29.1 Å². The molecule has 1 amide bonds. The van der Waals surface area contributed by atoms with Crippen molar-refractivity contribution in [1.82, 2.24) is 29.9 Å². The van der Waals surface area contributed by atoms with Crippen molar-refractivity contribution in [3.8, 4) is 16.9 Å². The van der Waals surface area contributed by atoms with Crippen LogP contribution in [0.2, 0.25) is 10.2 Å². The molecular formula is C27H26Cl2N6O3. The molecule has 0 bridgehead atoms. The standard InChI is InChI=1S/C27H26Cl2N6O3/c28-18-6-11-23(35-15-25(29)32-33-35)21(13-18)22-14-26(37)34(16-30-22)24(12-17-4-2-1-3-5-17)27(38)31-19-7-9-20(36)10-8-19/h1-6,11,13-16,19-20,24,36H,7-10,12H2,(H,31,38). The second-order valence-electron chi connectivity index (χ2n) is 9.39. The first-order valence-electron chi connectivity index (χ1n) is 12.4. The molecule has 2 heterocycles. The van der Waals surface area contributed by atoms with Gasteiger partial charge in [0.1, 0.15) is 6.04 Å². The van der Waals surface area contributed by atoms with Crippen molar-refractivity contribution in [1.29, 1.82) is 0 Å². The van der Waals surface area contributed by atoms with Gasteiger partial charge in [-0.15, -0.1) is 5.10 Å². The summed E-state index contributed by atoms with van der Waals surface area (Å²) in [5, 5.41) is 21.4. The van der Waals surface area contributed by atoms with Crippen LogP contribution in [0.4, 0.5) is 0 Å². The van der Waals surface area contributed by atoms with Gasteiger partial charge in [-0.25, -0.2) is 9.67 Å². The Morgan fingerprint density at radius 2 is 1.84 bits per heavy atom. The van der Waals surface area contributed by atoms with Gasteiger partial charge in [0, 0.05) is 29.1 Å². The van der Waals surface area contributed by atoms with Gasteiger partial charge in [0.15, 0.2) is 5.15 Å². The van der Waals surface area contributed by atoms with Gasteiger partial charge >= 0.3 is 0 Å². The van der Waals surface area contributed by atoms with Crippen LogP contribution in [0.1, 0.15) is 37.3 Å². The first-order valence-corrected chi connectivity index (χ1v) is 13.1. The summed E-state index contributed by atoms with van der Waals surface area (Å²) in [6, 6.07) is 15.2. The highest BCUT2D eigenvalue weighted by Gasteiger charge is 2.27. The molecular weight excluding hydrogens is 527 g/mol. The summed E-state index contributed by atoms with van der Waals surface area (Å²) < 4.78 is 2.84. The van der Waals surface area contributed by atoms with Crippen molar-refractivity contribution in [2.45, 2.75) is 50.3 Å². The number of nitrogens with zero attached hydrogens (tertiary/aromatic N) is 5. The Morgan fingerprint density at radius 1 is 1.08 bits per heavy atom. The molecule has 1 aliphatic rings. The number of amides is 1. The number of aliphatic hydroxyl groups is 1. The van der Waals surface area contributed by atoms with Crippen molar-refractivity contribution in [2.24, 2.45) is 0 Å². The zero-order valence-electron chi connectivity index (χ0n) is 20.4. The van der Waals surface area contributed by atoms with Crippen molar-refractivity contribution in [3.63, 3.8) is 0 Å². The van der Waals surface area contributed by atoms with Crippen LogP contribution in [0.15, 0.2) is 71.9 Å². The molecule has 1 aliphatic carbocycles. The molecule has 2 aromatic heterocycles. The molecule has 2 aromatic carbocycles. The predicted octanol–water partition coefficient (Wildman–Crippen LogP) is 4.00. The number of aliphatic hydroxyl groups excluding tert-OH is 1. The van der Waals surface area contributed by atoms with Crippen LogP contribution in [0.3, 0.4) is 0 Å². The van der Waals surface area contributed by atoms with Crippen LogP contribution in [-0.2, 0) is 11.2 Å². The number of hydrogen-bond donors (Lipinski definition) is 2. The number of rotatable bonds is 7. The predicted molar refractivity (Wildman–Crippen MR) is 144 cm³/mol. The van der Waals surface area contributed by atoms with E-state index in [0.717, 1.165) is 5.56 Å². The second-order valence-corrected chi connectivity index (χ2v) is 10.2. The maximum Gasteiger partial charge on any atom is 0.254 e. The fourth-order valence-corrected chi connectivity index (χ4v) is 5.04. The minimum Gasteiger partial charge on any atom is -0.393 e. The lowest BCUT2D eigenvalue weighted by Crippen LogP contribution is -2.44. The van der Waals surface area contributed by atoms with Gasteiger partial charge in [-0.3, -0.25) is 14.2 Å². The first-order chi connectivity index (χ1) is 18.4. The van der Waals surface area contributed by atoms with E-state index < -0.39 is 6.04 Å². The molecule has 4 aromatic rings. The third-order valence-corrected chi connectivity index (χ3v) is 7.14. The molecule has 1 unspecified atom stereocenters. The average Bonchev–Trinajstić information content (AvgIpc) is 3.35. The van der Waals surface area contributed by atoms with E-state index in [4.69, 9.17) is 23.2 Å². The molecule has 5 rings (SSSR count). The number of benzene rings is 2. The smallest absolute Gasteiger partial charge is 0.254 e. The number of hydrogen-bond acceptors (Lipinski definition) is 6. The summed E-state index contributed by atoms with van der Waals surface area (Å²) >= 11 is 12.2. The first kappa shape index (κ1) is 26.1. The largest absolute Gasteiger partial charge is 0.393 e. The molecule has 1 atom stereocenters. The minimum atomic E-state index is -0.800. The van der Waals surface area contributed by atoms with Gasteiger partial charge < -0.3 is 10.4 Å². The van der Waals surface area contributed by atoms with Gasteiger partial charge in [-0.1, -0.05) is 58.7 Å². The molecule has 11 heteroatoms. The summed E-state index contributed by atoms with van der Waals surface area (Å²) in [6.45, 7) is 0. The van der Waals surface area contributed by atoms with Crippen LogP contribution in [0.5, 0.6) is 0 Å². The molecule has 1 saturated carbocycles. The summed E-state index contributed by atoms with van der Waals surface area (Å²) in [7, 11) is 0. The Balaban J connectivity index is 1.48.